The van der Waals surface area contributed by atoms with Crippen molar-refractivity contribution in [2.75, 3.05) is 19.7 Å². The molecule has 0 radical (unpaired) electrons. The van der Waals surface area contributed by atoms with Gasteiger partial charge in [0, 0.05) is 12.5 Å². The van der Waals surface area contributed by atoms with E-state index in [1.54, 1.807) is 6.07 Å². The van der Waals surface area contributed by atoms with Gasteiger partial charge in [-0.1, -0.05) is 12.1 Å². The number of carboxylic acids is 1. The van der Waals surface area contributed by atoms with Crippen molar-refractivity contribution in [3.05, 3.63) is 34.4 Å². The number of aliphatic carboxylic acids is 1. The molecule has 1 aromatic rings. The molecule has 24 heavy (non-hydrogen) atoms. The number of benzene rings is 1. The van der Waals surface area contributed by atoms with Gasteiger partial charge in [-0.3, -0.25) is 24.5 Å². The second kappa shape index (κ2) is 9.77. The van der Waals surface area contributed by atoms with Crippen LogP contribution in [0.2, 0.25) is 0 Å². The minimum absolute atomic E-state index is 0.0623. The van der Waals surface area contributed by atoms with Gasteiger partial charge in [0.1, 0.15) is 6.54 Å². The third-order valence-corrected chi connectivity index (χ3v) is 2.75. The Morgan fingerprint density at radius 2 is 1.79 bits per heavy atom. The lowest BCUT2D eigenvalue weighted by molar-refractivity contribution is -0.385. The zero-order valence-electron chi connectivity index (χ0n) is 12.7. The molecule has 0 saturated heterocycles. The maximum Gasteiger partial charge on any atom is 0.322 e. The zero-order chi connectivity index (χ0) is 17.9. The molecule has 0 fully saturated rings. The molecule has 10 heteroatoms. The van der Waals surface area contributed by atoms with Crippen LogP contribution < -0.4 is 15.4 Å². The summed E-state index contributed by atoms with van der Waals surface area (Å²) >= 11 is 0. The van der Waals surface area contributed by atoms with Crippen molar-refractivity contribution in [1.29, 1.82) is 0 Å². The van der Waals surface area contributed by atoms with Gasteiger partial charge in [0.2, 0.25) is 11.8 Å². The summed E-state index contributed by atoms with van der Waals surface area (Å²) in [7, 11) is 0. The monoisotopic (exact) mass is 339 g/mol. The van der Waals surface area contributed by atoms with E-state index >= 15 is 0 Å². The normalized spacial score (nSPS) is 9.83. The minimum Gasteiger partial charge on any atom is -0.487 e. The largest absolute Gasteiger partial charge is 0.487 e. The highest BCUT2D eigenvalue weighted by Crippen LogP contribution is 2.25. The first-order chi connectivity index (χ1) is 11.4. The Balaban J connectivity index is 2.23. The third-order valence-electron chi connectivity index (χ3n) is 2.75. The van der Waals surface area contributed by atoms with Crippen LogP contribution >= 0.6 is 0 Å². The van der Waals surface area contributed by atoms with Gasteiger partial charge in [-0.15, -0.1) is 0 Å². The maximum atomic E-state index is 11.5. The lowest BCUT2D eigenvalue weighted by Crippen LogP contribution is -2.39. The van der Waals surface area contributed by atoms with Crippen molar-refractivity contribution in [1.82, 2.24) is 10.6 Å². The summed E-state index contributed by atoms with van der Waals surface area (Å²) in [6, 6.07) is 5.90. The number of nitrogens with zero attached hydrogens (tertiary/aromatic N) is 1. The smallest absolute Gasteiger partial charge is 0.322 e. The first-order valence-electron chi connectivity index (χ1n) is 7.01. The molecule has 0 aliphatic rings. The molecule has 1 rings (SSSR count). The quantitative estimate of drug-likeness (QED) is 0.310. The van der Waals surface area contributed by atoms with Crippen LogP contribution in [0.4, 0.5) is 5.69 Å². The van der Waals surface area contributed by atoms with Crippen LogP contribution in [0.15, 0.2) is 24.3 Å². The van der Waals surface area contributed by atoms with Gasteiger partial charge in [0.05, 0.1) is 18.1 Å². The van der Waals surface area contributed by atoms with Gasteiger partial charge in [0.25, 0.3) is 0 Å². The molecule has 0 spiro atoms. The topological polar surface area (TPSA) is 148 Å². The fourth-order valence-electron chi connectivity index (χ4n) is 1.65. The fourth-order valence-corrected chi connectivity index (χ4v) is 1.65. The van der Waals surface area contributed by atoms with Crippen LogP contribution in [-0.4, -0.2) is 47.5 Å². The number of nitro groups is 1. The predicted octanol–water partition coefficient (Wildman–Crippen LogP) is 0.0708. The molecule has 0 unspecified atom stereocenters. The van der Waals surface area contributed by atoms with Gasteiger partial charge in [-0.05, 0) is 12.5 Å². The summed E-state index contributed by atoms with van der Waals surface area (Å²) in [6.07, 6.45) is 0.363. The highest BCUT2D eigenvalue weighted by atomic mass is 16.6. The van der Waals surface area contributed by atoms with Gasteiger partial charge < -0.3 is 20.5 Å². The number of para-hydroxylation sites is 2. The van der Waals surface area contributed by atoms with Crippen LogP contribution in [0.1, 0.15) is 12.8 Å². The highest BCUT2D eigenvalue weighted by Gasteiger charge is 2.13. The van der Waals surface area contributed by atoms with E-state index in [-0.39, 0.29) is 31.0 Å². The number of hydrogen-bond donors (Lipinski definition) is 3. The molecule has 1 aromatic carbocycles. The number of nitro benzene ring substituents is 1. The Morgan fingerprint density at radius 1 is 1.12 bits per heavy atom. The van der Waals surface area contributed by atoms with E-state index in [1.165, 1.54) is 18.2 Å². The summed E-state index contributed by atoms with van der Waals surface area (Å²) in [5.41, 5.74) is -0.156. The minimum atomic E-state index is -1.18. The third kappa shape index (κ3) is 7.20. The Morgan fingerprint density at radius 3 is 2.46 bits per heavy atom. The second-order valence-corrected chi connectivity index (χ2v) is 4.62. The average molecular weight is 339 g/mol. The second-order valence-electron chi connectivity index (χ2n) is 4.62. The summed E-state index contributed by atoms with van der Waals surface area (Å²) in [5, 5.41) is 23.6. The van der Waals surface area contributed by atoms with Crippen LogP contribution in [0, 0.1) is 10.1 Å². The van der Waals surface area contributed by atoms with Crippen molar-refractivity contribution in [3.63, 3.8) is 0 Å². The molecule has 0 aromatic heterocycles. The predicted molar refractivity (Wildman–Crippen MR) is 81.5 cm³/mol. The van der Waals surface area contributed by atoms with Crippen LogP contribution in [0.25, 0.3) is 0 Å². The zero-order valence-corrected chi connectivity index (χ0v) is 12.7. The van der Waals surface area contributed by atoms with E-state index in [9.17, 15) is 24.5 Å². The van der Waals surface area contributed by atoms with Crippen LogP contribution in [0.5, 0.6) is 5.75 Å². The van der Waals surface area contributed by atoms with Gasteiger partial charge in [-0.25, -0.2) is 0 Å². The average Bonchev–Trinajstić information content (AvgIpc) is 2.55. The van der Waals surface area contributed by atoms with E-state index in [0.29, 0.717) is 6.42 Å². The number of carboxylic acid groups (broad SMARTS) is 1. The number of amides is 2. The molecule has 0 saturated carbocycles. The standard InChI is InChI=1S/C14H17N3O7/c18-12(15-8-13(19)16-9-14(20)21)6-3-7-24-11-5-2-1-4-10(11)17(22)23/h1-2,4-5H,3,6-9H2,(H,15,18)(H,16,19)(H,20,21). The lowest BCUT2D eigenvalue weighted by Gasteiger charge is -2.07. The van der Waals surface area contributed by atoms with E-state index in [0.717, 1.165) is 0 Å². The fraction of sp³-hybridized carbons (Fsp3) is 0.357. The van der Waals surface area contributed by atoms with E-state index in [4.69, 9.17) is 9.84 Å². The Bertz CT molecular complexity index is 618. The maximum absolute atomic E-state index is 11.5. The summed E-state index contributed by atoms with van der Waals surface area (Å²) < 4.78 is 5.27. The molecule has 0 heterocycles. The van der Waals surface area contributed by atoms with E-state index in [1.807, 2.05) is 0 Å². The number of carbonyl (C=O) groups excluding carboxylic acids is 2. The first kappa shape index (κ1) is 18.9. The SMILES string of the molecule is O=C(O)CNC(=O)CNC(=O)CCCOc1ccccc1[N+](=O)[O-]. The van der Waals surface area contributed by atoms with E-state index < -0.39 is 29.3 Å². The summed E-state index contributed by atoms with van der Waals surface area (Å²) in [4.78, 5) is 43.2. The van der Waals surface area contributed by atoms with Crippen molar-refractivity contribution in [2.45, 2.75) is 12.8 Å². The van der Waals surface area contributed by atoms with Gasteiger partial charge in [-0.2, -0.15) is 0 Å². The number of rotatable bonds is 10. The summed E-state index contributed by atoms with van der Waals surface area (Å²) in [6.45, 7) is -0.737. The van der Waals surface area contributed by atoms with Crippen LogP contribution in [-0.2, 0) is 14.4 Å². The van der Waals surface area contributed by atoms with Crippen molar-refractivity contribution in [3.8, 4) is 5.75 Å². The molecular weight excluding hydrogens is 322 g/mol. The molecule has 2 amide bonds. The molecule has 130 valence electrons. The van der Waals surface area contributed by atoms with Crippen molar-refractivity contribution in [2.24, 2.45) is 0 Å². The van der Waals surface area contributed by atoms with E-state index in [2.05, 4.69) is 10.6 Å². The number of hydrogen-bond acceptors (Lipinski definition) is 6. The Hall–Kier alpha value is -3.17. The Labute approximate surface area is 136 Å². The van der Waals surface area contributed by atoms with Crippen LogP contribution in [0.3, 0.4) is 0 Å². The van der Waals surface area contributed by atoms with Crippen molar-refractivity contribution >= 4 is 23.5 Å². The van der Waals surface area contributed by atoms with Crippen molar-refractivity contribution < 1.29 is 29.2 Å². The molecule has 0 aliphatic carbocycles. The Kier molecular flexibility index (Phi) is 7.68. The summed E-state index contributed by atoms with van der Waals surface area (Å²) in [5.74, 6) is -2.08. The van der Waals surface area contributed by atoms with Gasteiger partial charge in [0.15, 0.2) is 5.75 Å². The first-order valence-corrected chi connectivity index (χ1v) is 7.01. The molecule has 10 nitrogen and oxygen atoms in total. The van der Waals surface area contributed by atoms with Gasteiger partial charge >= 0.3 is 11.7 Å². The lowest BCUT2D eigenvalue weighted by atomic mass is 10.3. The molecule has 0 bridgehead atoms. The number of carbonyl (C=O) groups is 3. The molecule has 3 N–H and O–H groups in total. The highest BCUT2D eigenvalue weighted by molar-refractivity contribution is 5.86. The number of ether oxygens (including phenoxy) is 1. The number of nitrogens with one attached hydrogen (secondary N) is 2. The molecule has 0 atom stereocenters. The molecular formula is C14H17N3O7. The molecule has 0 aliphatic heterocycles.